The van der Waals surface area contributed by atoms with Gasteiger partial charge in [-0.3, -0.25) is 4.79 Å². The standard InChI is InChI=1S/C25H31N3O2/c1-4-20-9-8-10-21(14-20)15-26-16-23(29)17-27-25(30)24-13-18(2)28(19(24)3)22-11-6-5-7-12-22/h5-14,23,26,29H,4,15-17H2,1-3H3,(H,27,30). The second-order valence-corrected chi connectivity index (χ2v) is 7.62. The van der Waals surface area contributed by atoms with Gasteiger partial charge in [-0.05, 0) is 49.6 Å². The monoisotopic (exact) mass is 405 g/mol. The summed E-state index contributed by atoms with van der Waals surface area (Å²) >= 11 is 0. The molecule has 0 aliphatic heterocycles. The van der Waals surface area contributed by atoms with E-state index >= 15 is 0 Å². The van der Waals surface area contributed by atoms with Gasteiger partial charge >= 0.3 is 0 Å². The van der Waals surface area contributed by atoms with Crippen molar-refractivity contribution in [3.05, 3.63) is 88.7 Å². The van der Waals surface area contributed by atoms with Gasteiger partial charge in [-0.2, -0.15) is 0 Å². The zero-order valence-electron chi connectivity index (χ0n) is 18.0. The van der Waals surface area contributed by atoms with Crippen LogP contribution in [0.15, 0.2) is 60.7 Å². The Morgan fingerprint density at radius 1 is 1.00 bits per heavy atom. The van der Waals surface area contributed by atoms with Gasteiger partial charge < -0.3 is 20.3 Å². The summed E-state index contributed by atoms with van der Waals surface area (Å²) in [5.74, 6) is -0.167. The zero-order chi connectivity index (χ0) is 21.5. The van der Waals surface area contributed by atoms with Crippen LogP contribution in [0.3, 0.4) is 0 Å². The molecule has 1 atom stereocenters. The molecule has 158 valence electrons. The minimum Gasteiger partial charge on any atom is -0.390 e. The lowest BCUT2D eigenvalue weighted by molar-refractivity contribution is 0.0914. The van der Waals surface area contributed by atoms with E-state index in [2.05, 4.69) is 46.4 Å². The van der Waals surface area contributed by atoms with Gasteiger partial charge in [-0.1, -0.05) is 49.4 Å². The van der Waals surface area contributed by atoms with Crippen LogP contribution >= 0.6 is 0 Å². The average molecular weight is 406 g/mol. The van der Waals surface area contributed by atoms with Crippen LogP contribution in [0.5, 0.6) is 0 Å². The number of para-hydroxylation sites is 1. The van der Waals surface area contributed by atoms with E-state index in [0.29, 0.717) is 18.7 Å². The predicted molar refractivity (Wildman–Crippen MR) is 121 cm³/mol. The van der Waals surface area contributed by atoms with Crippen LogP contribution in [0, 0.1) is 13.8 Å². The summed E-state index contributed by atoms with van der Waals surface area (Å²) in [7, 11) is 0. The summed E-state index contributed by atoms with van der Waals surface area (Å²) in [6.45, 7) is 7.38. The minimum absolute atomic E-state index is 0.167. The summed E-state index contributed by atoms with van der Waals surface area (Å²) in [5.41, 5.74) is 6.05. The van der Waals surface area contributed by atoms with E-state index in [4.69, 9.17) is 0 Å². The molecule has 3 rings (SSSR count). The molecule has 0 fully saturated rings. The second kappa shape index (κ2) is 10.2. The minimum atomic E-state index is -0.652. The number of aryl methyl sites for hydroxylation is 2. The number of aromatic nitrogens is 1. The highest BCUT2D eigenvalue weighted by Crippen LogP contribution is 2.20. The van der Waals surface area contributed by atoms with Crippen LogP contribution in [-0.4, -0.2) is 34.8 Å². The van der Waals surface area contributed by atoms with Gasteiger partial charge in [-0.25, -0.2) is 0 Å². The number of carbonyl (C=O) groups is 1. The Bertz CT molecular complexity index is 979. The smallest absolute Gasteiger partial charge is 0.253 e. The fourth-order valence-corrected chi connectivity index (χ4v) is 3.69. The van der Waals surface area contributed by atoms with Crippen LogP contribution in [0.25, 0.3) is 5.69 Å². The number of nitrogens with one attached hydrogen (secondary N) is 2. The van der Waals surface area contributed by atoms with E-state index in [9.17, 15) is 9.90 Å². The maximum absolute atomic E-state index is 12.7. The maximum atomic E-state index is 12.7. The highest BCUT2D eigenvalue weighted by Gasteiger charge is 2.17. The Morgan fingerprint density at radius 2 is 1.73 bits per heavy atom. The maximum Gasteiger partial charge on any atom is 0.253 e. The van der Waals surface area contributed by atoms with Crippen LogP contribution in [0.2, 0.25) is 0 Å². The number of hydrogen-bond donors (Lipinski definition) is 3. The molecule has 0 spiro atoms. The van der Waals surface area contributed by atoms with Crippen LogP contribution in [0.1, 0.15) is 39.8 Å². The summed E-state index contributed by atoms with van der Waals surface area (Å²) < 4.78 is 2.07. The molecule has 0 saturated carbocycles. The molecule has 5 nitrogen and oxygen atoms in total. The van der Waals surface area contributed by atoms with Crippen molar-refractivity contribution >= 4 is 5.91 Å². The van der Waals surface area contributed by atoms with E-state index in [1.165, 1.54) is 11.1 Å². The van der Waals surface area contributed by atoms with Gasteiger partial charge in [0, 0.05) is 36.7 Å². The second-order valence-electron chi connectivity index (χ2n) is 7.62. The SMILES string of the molecule is CCc1cccc(CNCC(O)CNC(=O)c2cc(C)n(-c3ccccc3)c2C)c1. The summed E-state index contributed by atoms with van der Waals surface area (Å²) in [5, 5.41) is 16.4. The normalized spacial score (nSPS) is 12.0. The van der Waals surface area contributed by atoms with Crippen LogP contribution in [-0.2, 0) is 13.0 Å². The average Bonchev–Trinajstić information content (AvgIpc) is 3.06. The summed E-state index contributed by atoms with van der Waals surface area (Å²) in [4.78, 5) is 12.7. The van der Waals surface area contributed by atoms with Gasteiger partial charge in [0.25, 0.3) is 5.91 Å². The van der Waals surface area contributed by atoms with E-state index in [0.717, 1.165) is 23.5 Å². The molecule has 1 unspecified atom stereocenters. The van der Waals surface area contributed by atoms with Crippen molar-refractivity contribution in [2.45, 2.75) is 39.8 Å². The van der Waals surface area contributed by atoms with E-state index in [1.807, 2.05) is 50.2 Å². The molecule has 3 N–H and O–H groups in total. The Balaban J connectivity index is 1.51. The molecule has 0 aliphatic carbocycles. The Hall–Kier alpha value is -2.89. The van der Waals surface area contributed by atoms with Crippen molar-refractivity contribution in [1.29, 1.82) is 0 Å². The highest BCUT2D eigenvalue weighted by molar-refractivity contribution is 5.95. The van der Waals surface area contributed by atoms with Crippen molar-refractivity contribution in [2.75, 3.05) is 13.1 Å². The molecule has 5 heteroatoms. The lowest BCUT2D eigenvalue weighted by Gasteiger charge is -2.14. The molecule has 30 heavy (non-hydrogen) atoms. The number of amides is 1. The number of carbonyl (C=O) groups excluding carboxylic acids is 1. The van der Waals surface area contributed by atoms with Gasteiger partial charge in [0.15, 0.2) is 0 Å². The first-order chi connectivity index (χ1) is 14.5. The highest BCUT2D eigenvalue weighted by atomic mass is 16.3. The van der Waals surface area contributed by atoms with Crippen molar-refractivity contribution in [1.82, 2.24) is 15.2 Å². The number of aliphatic hydroxyl groups is 1. The molecule has 0 bridgehead atoms. The van der Waals surface area contributed by atoms with Crippen LogP contribution < -0.4 is 10.6 Å². The van der Waals surface area contributed by atoms with Crippen molar-refractivity contribution in [3.63, 3.8) is 0 Å². The third-order valence-corrected chi connectivity index (χ3v) is 5.30. The Labute approximate surface area is 178 Å². The molecular formula is C25H31N3O2. The first-order valence-electron chi connectivity index (χ1n) is 10.5. The number of rotatable bonds is 9. The molecule has 2 aromatic carbocycles. The quantitative estimate of drug-likeness (QED) is 0.510. The van der Waals surface area contributed by atoms with Gasteiger partial charge in [-0.15, -0.1) is 0 Å². The molecule has 3 aromatic rings. The van der Waals surface area contributed by atoms with Crippen molar-refractivity contribution in [2.24, 2.45) is 0 Å². The molecule has 1 heterocycles. The van der Waals surface area contributed by atoms with E-state index in [-0.39, 0.29) is 12.5 Å². The molecular weight excluding hydrogens is 374 g/mol. The first kappa shape index (κ1) is 21.8. The summed E-state index contributed by atoms with van der Waals surface area (Å²) in [6.07, 6.45) is 0.355. The van der Waals surface area contributed by atoms with E-state index in [1.54, 1.807) is 0 Å². The third kappa shape index (κ3) is 5.38. The Kier molecular flexibility index (Phi) is 7.44. The molecule has 0 saturated heterocycles. The number of hydrogen-bond acceptors (Lipinski definition) is 3. The van der Waals surface area contributed by atoms with Gasteiger partial charge in [0.05, 0.1) is 11.7 Å². The van der Waals surface area contributed by atoms with Crippen LogP contribution in [0.4, 0.5) is 0 Å². The number of aliphatic hydroxyl groups excluding tert-OH is 1. The molecule has 1 amide bonds. The molecule has 0 aliphatic rings. The van der Waals surface area contributed by atoms with Crippen molar-refractivity contribution < 1.29 is 9.90 Å². The lowest BCUT2D eigenvalue weighted by atomic mass is 10.1. The number of benzene rings is 2. The predicted octanol–water partition coefficient (Wildman–Crippen LogP) is 3.54. The number of nitrogens with zero attached hydrogens (tertiary/aromatic N) is 1. The van der Waals surface area contributed by atoms with Gasteiger partial charge in [0.1, 0.15) is 0 Å². The fraction of sp³-hybridized carbons (Fsp3) is 0.320. The summed E-state index contributed by atoms with van der Waals surface area (Å²) in [6, 6.07) is 20.3. The third-order valence-electron chi connectivity index (χ3n) is 5.30. The fourth-order valence-electron chi connectivity index (χ4n) is 3.69. The molecule has 1 aromatic heterocycles. The Morgan fingerprint density at radius 3 is 2.47 bits per heavy atom. The topological polar surface area (TPSA) is 66.3 Å². The largest absolute Gasteiger partial charge is 0.390 e. The molecule has 0 radical (unpaired) electrons. The zero-order valence-corrected chi connectivity index (χ0v) is 18.0. The lowest BCUT2D eigenvalue weighted by Crippen LogP contribution is -2.38. The first-order valence-corrected chi connectivity index (χ1v) is 10.5. The van der Waals surface area contributed by atoms with Gasteiger partial charge in [0.2, 0.25) is 0 Å². The van der Waals surface area contributed by atoms with E-state index < -0.39 is 6.10 Å². The van der Waals surface area contributed by atoms with Crippen molar-refractivity contribution in [3.8, 4) is 5.69 Å².